The zero-order valence-electron chi connectivity index (χ0n) is 15.9. The van der Waals surface area contributed by atoms with Crippen LogP contribution < -0.4 is 19.9 Å². The quantitative estimate of drug-likeness (QED) is 0.532. The van der Waals surface area contributed by atoms with E-state index < -0.39 is 10.2 Å². The fourth-order valence-corrected chi connectivity index (χ4v) is 5.24. The fourth-order valence-electron chi connectivity index (χ4n) is 3.71. The average Bonchev–Trinajstić information content (AvgIpc) is 3.11. The Hall–Kier alpha value is -2.04. The molecule has 4 N–H and O–H groups in total. The highest BCUT2D eigenvalue weighted by Gasteiger charge is 2.26. The van der Waals surface area contributed by atoms with E-state index in [1.807, 2.05) is 48.5 Å². The number of benzene rings is 2. The van der Waals surface area contributed by atoms with Gasteiger partial charge in [-0.3, -0.25) is 0 Å². The number of hydrogen-bond donors (Lipinski definition) is 3. The molecule has 1 unspecified atom stereocenters. The number of para-hydroxylation sites is 1. The Bertz CT molecular complexity index is 1030. The molecule has 0 amide bonds. The Balaban J connectivity index is 1.45. The van der Waals surface area contributed by atoms with Crippen LogP contribution in [0, 0.1) is 5.92 Å². The number of aromatic nitrogens is 1. The second-order valence-corrected chi connectivity index (χ2v) is 9.57. The van der Waals surface area contributed by atoms with Crippen LogP contribution in [0.15, 0.2) is 48.5 Å². The molecule has 4 rings (SSSR count). The highest BCUT2D eigenvalue weighted by molar-refractivity contribution is 7.87. The fraction of sp³-hybridized carbons (Fsp3) is 0.350. The van der Waals surface area contributed by atoms with Gasteiger partial charge in [-0.05, 0) is 68.1 Å². The average molecular weight is 433 g/mol. The van der Waals surface area contributed by atoms with E-state index in [1.165, 1.54) is 11.3 Å². The molecule has 0 aliphatic carbocycles. The number of thiazole rings is 1. The summed E-state index contributed by atoms with van der Waals surface area (Å²) in [6, 6.07) is 15.4. The zero-order valence-corrected chi connectivity index (χ0v) is 17.5. The molecule has 2 heterocycles. The minimum atomic E-state index is -3.76. The van der Waals surface area contributed by atoms with E-state index in [1.54, 1.807) is 0 Å². The third-order valence-electron chi connectivity index (χ3n) is 5.13. The third kappa shape index (κ3) is 5.52. The van der Waals surface area contributed by atoms with E-state index in [9.17, 15) is 8.42 Å². The molecular weight excluding hydrogens is 408 g/mol. The van der Waals surface area contributed by atoms with Crippen LogP contribution in [-0.4, -0.2) is 32.5 Å². The SMILES string of the molecule is NS(=O)(=O)NC(Cc1ccc(Oc2nc3ccccc3s2)cc1)C1CCNCC1. The smallest absolute Gasteiger partial charge is 0.279 e. The van der Waals surface area contributed by atoms with Crippen molar-refractivity contribution in [1.29, 1.82) is 0 Å². The minimum absolute atomic E-state index is 0.219. The number of hydrogen-bond acceptors (Lipinski definition) is 6. The second kappa shape index (κ2) is 8.76. The molecule has 0 bridgehead atoms. The number of nitrogens with two attached hydrogens (primary N) is 1. The molecule has 3 aromatic rings. The Morgan fingerprint density at radius 3 is 2.59 bits per heavy atom. The van der Waals surface area contributed by atoms with Gasteiger partial charge in [0.15, 0.2) is 0 Å². The van der Waals surface area contributed by atoms with Gasteiger partial charge >= 0.3 is 0 Å². The Morgan fingerprint density at radius 1 is 1.17 bits per heavy atom. The molecule has 1 aliphatic heterocycles. The van der Waals surface area contributed by atoms with Crippen molar-refractivity contribution in [3.8, 4) is 10.9 Å². The molecule has 0 saturated carbocycles. The van der Waals surface area contributed by atoms with Crippen molar-refractivity contribution in [1.82, 2.24) is 15.0 Å². The largest absolute Gasteiger partial charge is 0.431 e. The van der Waals surface area contributed by atoms with Gasteiger partial charge in [-0.25, -0.2) is 10.1 Å². The lowest BCUT2D eigenvalue weighted by Crippen LogP contribution is -2.47. The van der Waals surface area contributed by atoms with Crippen LogP contribution in [0.3, 0.4) is 0 Å². The molecule has 0 radical (unpaired) electrons. The van der Waals surface area contributed by atoms with E-state index in [0.717, 1.165) is 41.7 Å². The molecule has 9 heteroatoms. The monoisotopic (exact) mass is 432 g/mol. The molecule has 29 heavy (non-hydrogen) atoms. The summed E-state index contributed by atoms with van der Waals surface area (Å²) in [5.41, 5.74) is 1.95. The minimum Gasteiger partial charge on any atom is -0.431 e. The number of rotatable bonds is 7. The van der Waals surface area contributed by atoms with E-state index in [-0.39, 0.29) is 12.0 Å². The van der Waals surface area contributed by atoms with Crippen molar-refractivity contribution in [3.63, 3.8) is 0 Å². The number of nitrogens with zero attached hydrogens (tertiary/aromatic N) is 1. The highest BCUT2D eigenvalue weighted by Crippen LogP contribution is 2.31. The number of piperidine rings is 1. The first-order valence-electron chi connectivity index (χ1n) is 9.59. The van der Waals surface area contributed by atoms with Gasteiger partial charge in [-0.2, -0.15) is 13.1 Å². The van der Waals surface area contributed by atoms with E-state index in [4.69, 9.17) is 9.88 Å². The molecule has 1 aliphatic rings. The van der Waals surface area contributed by atoms with Crippen LogP contribution in [0.25, 0.3) is 10.2 Å². The van der Waals surface area contributed by atoms with Crippen molar-refractivity contribution in [2.24, 2.45) is 11.1 Å². The van der Waals surface area contributed by atoms with Gasteiger partial charge in [-0.15, -0.1) is 0 Å². The lowest BCUT2D eigenvalue weighted by atomic mass is 9.87. The molecule has 0 spiro atoms. The van der Waals surface area contributed by atoms with Gasteiger partial charge in [0.25, 0.3) is 15.4 Å². The normalized spacial score (nSPS) is 16.7. The summed E-state index contributed by atoms with van der Waals surface area (Å²) >= 11 is 1.50. The van der Waals surface area contributed by atoms with Gasteiger partial charge in [0.05, 0.1) is 10.2 Å². The van der Waals surface area contributed by atoms with Crippen LogP contribution in [0.1, 0.15) is 18.4 Å². The summed E-state index contributed by atoms with van der Waals surface area (Å²) in [6.45, 7) is 1.78. The molecule has 1 fully saturated rings. The van der Waals surface area contributed by atoms with Crippen LogP contribution >= 0.6 is 11.3 Å². The Labute approximate surface area is 174 Å². The molecule has 7 nitrogen and oxygen atoms in total. The Morgan fingerprint density at radius 2 is 1.90 bits per heavy atom. The summed E-state index contributed by atoms with van der Waals surface area (Å²) in [7, 11) is -3.76. The van der Waals surface area contributed by atoms with Gasteiger partial charge in [0.1, 0.15) is 5.75 Å². The number of nitrogens with one attached hydrogen (secondary N) is 2. The summed E-state index contributed by atoms with van der Waals surface area (Å²) < 4.78 is 32.9. The maximum atomic E-state index is 11.6. The number of fused-ring (bicyclic) bond motifs is 1. The predicted molar refractivity (Wildman–Crippen MR) is 115 cm³/mol. The summed E-state index contributed by atoms with van der Waals surface area (Å²) in [5, 5.41) is 9.16. The van der Waals surface area contributed by atoms with Crippen LogP contribution in [0.5, 0.6) is 10.9 Å². The lowest BCUT2D eigenvalue weighted by molar-refractivity contribution is 0.301. The molecular formula is C20H24N4O3S2. The third-order valence-corrected chi connectivity index (χ3v) is 6.67. The predicted octanol–water partition coefficient (Wildman–Crippen LogP) is 2.79. The molecule has 1 saturated heterocycles. The van der Waals surface area contributed by atoms with Crippen LogP contribution in [-0.2, 0) is 16.6 Å². The van der Waals surface area contributed by atoms with Gasteiger partial charge in [0.2, 0.25) is 0 Å². The standard InChI is InChI=1S/C20H24N4O3S2/c21-29(25,26)24-18(15-9-11-22-12-10-15)13-14-5-7-16(8-6-14)27-20-23-17-3-1-2-4-19(17)28-20/h1-8,15,18,22,24H,9-13H2,(H2,21,25,26). The second-order valence-electron chi connectivity index (χ2n) is 7.25. The van der Waals surface area contributed by atoms with Crippen LogP contribution in [0.4, 0.5) is 0 Å². The first-order chi connectivity index (χ1) is 14.0. The molecule has 1 atom stereocenters. The van der Waals surface area contributed by atoms with Crippen molar-refractivity contribution in [2.45, 2.75) is 25.3 Å². The lowest BCUT2D eigenvalue weighted by Gasteiger charge is -2.30. The summed E-state index contributed by atoms with van der Waals surface area (Å²) in [6.07, 6.45) is 2.43. The maximum absolute atomic E-state index is 11.6. The maximum Gasteiger partial charge on any atom is 0.279 e. The zero-order chi connectivity index (χ0) is 20.3. The van der Waals surface area contributed by atoms with Crippen molar-refractivity contribution >= 4 is 31.8 Å². The Kier molecular flexibility index (Phi) is 6.12. The number of ether oxygens (including phenoxy) is 1. The molecule has 154 valence electrons. The van der Waals surface area contributed by atoms with Gasteiger partial charge in [0, 0.05) is 6.04 Å². The molecule has 1 aromatic heterocycles. The molecule has 2 aromatic carbocycles. The first kappa shape index (κ1) is 20.2. The first-order valence-corrected chi connectivity index (χ1v) is 12.0. The summed E-state index contributed by atoms with van der Waals surface area (Å²) in [4.78, 5) is 4.48. The van der Waals surface area contributed by atoms with Crippen molar-refractivity contribution in [3.05, 3.63) is 54.1 Å². The van der Waals surface area contributed by atoms with Crippen molar-refractivity contribution < 1.29 is 13.2 Å². The van der Waals surface area contributed by atoms with E-state index >= 15 is 0 Å². The topological polar surface area (TPSA) is 106 Å². The van der Waals surface area contributed by atoms with E-state index in [0.29, 0.717) is 17.4 Å². The van der Waals surface area contributed by atoms with Gasteiger partial charge < -0.3 is 10.1 Å². The van der Waals surface area contributed by atoms with Gasteiger partial charge in [-0.1, -0.05) is 35.6 Å². The summed E-state index contributed by atoms with van der Waals surface area (Å²) in [5.74, 6) is 0.957. The van der Waals surface area contributed by atoms with Crippen LogP contribution in [0.2, 0.25) is 0 Å². The van der Waals surface area contributed by atoms with E-state index in [2.05, 4.69) is 15.0 Å². The highest BCUT2D eigenvalue weighted by atomic mass is 32.2. The van der Waals surface area contributed by atoms with Crippen molar-refractivity contribution in [2.75, 3.05) is 13.1 Å².